The SMILES string of the molecule is C=CCCC(=O)N(C)[C@H](C)[C@H](OC(=O)[C@H]1[C@@H]2O[C@@]3(CC2Br)[C@@H]1C(=O)N([C@H](C)CO)[C@@H]3C(=O)N(CC=C)C1CCCCC1)c1ccccc1. The Labute approximate surface area is 292 Å². The average Bonchev–Trinajstić information content (AvgIpc) is 3.70. The van der Waals surface area contributed by atoms with Crippen LogP contribution >= 0.6 is 15.9 Å². The molecule has 262 valence electrons. The number of carbonyl (C=O) groups excluding carboxylic acids is 4. The Morgan fingerprint density at radius 3 is 2.46 bits per heavy atom. The van der Waals surface area contributed by atoms with Gasteiger partial charge in [-0.3, -0.25) is 19.2 Å². The molecule has 4 aliphatic rings. The molecule has 3 saturated heterocycles. The molecule has 3 heterocycles. The number of hydrogen-bond acceptors (Lipinski definition) is 7. The molecule has 2 bridgehead atoms. The number of amides is 3. The third kappa shape index (κ3) is 6.50. The lowest BCUT2D eigenvalue weighted by atomic mass is 9.70. The van der Waals surface area contributed by atoms with Gasteiger partial charge in [-0.05, 0) is 45.1 Å². The van der Waals surface area contributed by atoms with Crippen molar-refractivity contribution in [2.24, 2.45) is 11.8 Å². The van der Waals surface area contributed by atoms with Gasteiger partial charge < -0.3 is 29.3 Å². The third-order valence-electron chi connectivity index (χ3n) is 11.0. The smallest absolute Gasteiger partial charge is 0.313 e. The van der Waals surface area contributed by atoms with Gasteiger partial charge in [0.1, 0.15) is 17.7 Å². The molecule has 0 aromatic heterocycles. The Morgan fingerprint density at radius 2 is 1.83 bits per heavy atom. The van der Waals surface area contributed by atoms with Crippen LogP contribution in [0.5, 0.6) is 0 Å². The number of aliphatic hydroxyl groups excluding tert-OH is 1. The molecule has 1 spiro atoms. The Bertz CT molecular complexity index is 1370. The lowest BCUT2D eigenvalue weighted by molar-refractivity contribution is -0.165. The van der Waals surface area contributed by atoms with Gasteiger partial charge in [0.2, 0.25) is 17.7 Å². The van der Waals surface area contributed by atoms with Crippen LogP contribution in [0.1, 0.15) is 76.9 Å². The van der Waals surface area contributed by atoms with E-state index in [-0.39, 0.29) is 41.6 Å². The van der Waals surface area contributed by atoms with Gasteiger partial charge in [0.25, 0.3) is 0 Å². The predicted molar refractivity (Wildman–Crippen MR) is 185 cm³/mol. The molecule has 4 fully saturated rings. The minimum absolute atomic E-state index is 0.0134. The van der Waals surface area contributed by atoms with Crippen molar-refractivity contribution in [3.8, 4) is 0 Å². The molecule has 1 saturated carbocycles. The van der Waals surface area contributed by atoms with Gasteiger partial charge in [-0.15, -0.1) is 13.2 Å². The van der Waals surface area contributed by atoms with Crippen LogP contribution in [0.2, 0.25) is 0 Å². The quantitative estimate of drug-likeness (QED) is 0.170. The van der Waals surface area contributed by atoms with Gasteiger partial charge >= 0.3 is 5.97 Å². The lowest BCUT2D eigenvalue weighted by Gasteiger charge is -2.42. The van der Waals surface area contributed by atoms with Crippen LogP contribution in [0.25, 0.3) is 0 Å². The molecule has 9 atom stereocenters. The molecular weight excluding hydrogens is 678 g/mol. The van der Waals surface area contributed by atoms with E-state index in [1.807, 2.05) is 42.2 Å². The van der Waals surface area contributed by atoms with E-state index in [9.17, 15) is 24.3 Å². The molecule has 1 aliphatic carbocycles. The van der Waals surface area contributed by atoms with Crippen molar-refractivity contribution in [3.05, 3.63) is 61.2 Å². The summed E-state index contributed by atoms with van der Waals surface area (Å²) in [6, 6.07) is 7.05. The summed E-state index contributed by atoms with van der Waals surface area (Å²) in [6.07, 6.45) is 7.94. The highest BCUT2D eigenvalue weighted by atomic mass is 79.9. The Hall–Kier alpha value is -3.02. The third-order valence-corrected chi connectivity index (χ3v) is 11.8. The number of fused-ring (bicyclic) bond motifs is 1. The number of likely N-dealkylation sites (N-methyl/N-ethyl adjacent to an activating group) is 1. The van der Waals surface area contributed by atoms with Crippen LogP contribution in [0.3, 0.4) is 0 Å². The van der Waals surface area contributed by atoms with E-state index in [2.05, 4.69) is 29.1 Å². The molecule has 1 aromatic rings. The van der Waals surface area contributed by atoms with Crippen LogP contribution in [-0.2, 0) is 28.7 Å². The van der Waals surface area contributed by atoms with E-state index < -0.39 is 53.7 Å². The molecule has 1 unspecified atom stereocenters. The summed E-state index contributed by atoms with van der Waals surface area (Å²) < 4.78 is 13.0. The summed E-state index contributed by atoms with van der Waals surface area (Å²) >= 11 is 3.74. The monoisotopic (exact) mass is 727 g/mol. The highest BCUT2D eigenvalue weighted by Crippen LogP contribution is 2.61. The van der Waals surface area contributed by atoms with E-state index in [1.165, 1.54) is 4.90 Å². The van der Waals surface area contributed by atoms with Gasteiger partial charge in [0.15, 0.2) is 0 Å². The predicted octanol–water partition coefficient (Wildman–Crippen LogP) is 4.56. The first-order valence-electron chi connectivity index (χ1n) is 17.3. The van der Waals surface area contributed by atoms with Crippen molar-refractivity contribution < 1.29 is 33.8 Å². The van der Waals surface area contributed by atoms with Crippen LogP contribution in [0, 0.1) is 11.8 Å². The summed E-state index contributed by atoms with van der Waals surface area (Å²) in [5.74, 6) is -3.31. The Balaban J connectivity index is 1.49. The number of rotatable bonds is 14. The summed E-state index contributed by atoms with van der Waals surface area (Å²) in [5, 5.41) is 10.3. The van der Waals surface area contributed by atoms with Crippen molar-refractivity contribution in [2.45, 2.75) is 112 Å². The fourth-order valence-electron chi connectivity index (χ4n) is 8.41. The summed E-state index contributed by atoms with van der Waals surface area (Å²) in [6.45, 7) is 11.2. The Kier molecular flexibility index (Phi) is 11.5. The second kappa shape index (κ2) is 15.3. The van der Waals surface area contributed by atoms with Crippen LogP contribution in [0.15, 0.2) is 55.6 Å². The summed E-state index contributed by atoms with van der Waals surface area (Å²) in [4.78, 5) is 61.3. The van der Waals surface area contributed by atoms with Gasteiger partial charge in [-0.2, -0.15) is 0 Å². The molecule has 1 aromatic carbocycles. The van der Waals surface area contributed by atoms with Crippen molar-refractivity contribution in [2.75, 3.05) is 20.2 Å². The van der Waals surface area contributed by atoms with Crippen LogP contribution in [-0.4, -0.2) is 104 Å². The number of esters is 1. The number of aliphatic hydroxyl groups is 1. The van der Waals surface area contributed by atoms with Crippen molar-refractivity contribution in [1.29, 1.82) is 0 Å². The number of ether oxygens (including phenoxy) is 2. The molecule has 48 heavy (non-hydrogen) atoms. The van der Waals surface area contributed by atoms with Crippen molar-refractivity contribution in [3.63, 3.8) is 0 Å². The number of carbonyl (C=O) groups is 4. The fraction of sp³-hybridized carbons (Fsp3) is 0.622. The lowest BCUT2D eigenvalue weighted by Crippen LogP contribution is -2.60. The molecule has 3 amide bonds. The van der Waals surface area contributed by atoms with Gasteiger partial charge in [-0.25, -0.2) is 0 Å². The van der Waals surface area contributed by atoms with E-state index in [4.69, 9.17) is 9.47 Å². The maximum atomic E-state index is 14.7. The normalized spacial score (nSPS) is 29.9. The minimum Gasteiger partial charge on any atom is -0.455 e. The van der Waals surface area contributed by atoms with E-state index in [1.54, 1.807) is 31.0 Å². The molecule has 1 N–H and O–H groups in total. The highest BCUT2D eigenvalue weighted by Gasteiger charge is 2.77. The maximum Gasteiger partial charge on any atom is 0.313 e. The van der Waals surface area contributed by atoms with E-state index in [0.717, 1.165) is 32.1 Å². The topological polar surface area (TPSA) is 117 Å². The van der Waals surface area contributed by atoms with Crippen LogP contribution < -0.4 is 0 Å². The maximum absolute atomic E-state index is 14.7. The van der Waals surface area contributed by atoms with Crippen molar-refractivity contribution in [1.82, 2.24) is 14.7 Å². The number of benzene rings is 1. The number of alkyl halides is 1. The molecule has 11 heteroatoms. The first kappa shape index (κ1) is 36.3. The standard InChI is InChI=1S/C37H50BrN3O7/c1-6-8-19-28(43)39(5)24(4)31(25-15-11-9-12-16-25)47-36(46)29-30-34(44)41(23(3)22-42)33(37(30)21-27(38)32(29)48-37)35(45)40(20-7-2)26-17-13-10-14-18-26/h6-7,9,11-12,15-16,23-24,26-27,29-33,42H,1-2,8,10,13-14,17-22H2,3-5H3/t23-,24-,27?,29-,30+,31+,32-,33-,37+/m1/s1. The average molecular weight is 729 g/mol. The number of halogens is 1. The largest absolute Gasteiger partial charge is 0.455 e. The zero-order valence-corrected chi connectivity index (χ0v) is 29.9. The van der Waals surface area contributed by atoms with Crippen molar-refractivity contribution >= 4 is 39.6 Å². The zero-order chi connectivity index (χ0) is 34.7. The molecule has 0 radical (unpaired) electrons. The second-order valence-corrected chi connectivity index (χ2v) is 15.0. The number of likely N-dealkylation sites (tertiary alicyclic amines) is 1. The fourth-order valence-corrected chi connectivity index (χ4v) is 9.35. The first-order chi connectivity index (χ1) is 23.0. The molecule has 5 rings (SSSR count). The molecule has 3 aliphatic heterocycles. The molecular formula is C37H50BrN3O7. The first-order valence-corrected chi connectivity index (χ1v) is 18.2. The highest BCUT2D eigenvalue weighted by molar-refractivity contribution is 9.09. The van der Waals surface area contributed by atoms with Gasteiger partial charge in [-0.1, -0.05) is 77.7 Å². The van der Waals surface area contributed by atoms with E-state index >= 15 is 0 Å². The minimum atomic E-state index is -1.28. The molecule has 10 nitrogen and oxygen atoms in total. The van der Waals surface area contributed by atoms with Gasteiger partial charge in [0.05, 0.1) is 36.6 Å². The Morgan fingerprint density at radius 1 is 1.15 bits per heavy atom. The number of allylic oxidation sites excluding steroid dienone is 1. The summed E-state index contributed by atoms with van der Waals surface area (Å²) in [7, 11) is 1.69. The zero-order valence-electron chi connectivity index (χ0n) is 28.3. The second-order valence-electron chi connectivity index (χ2n) is 13.9. The number of hydrogen-bond donors (Lipinski definition) is 1. The number of nitrogens with zero attached hydrogens (tertiary/aromatic N) is 3. The van der Waals surface area contributed by atoms with Gasteiger partial charge in [0, 0.05) is 30.9 Å². The summed E-state index contributed by atoms with van der Waals surface area (Å²) in [5.41, 5.74) is -0.566. The van der Waals surface area contributed by atoms with E-state index in [0.29, 0.717) is 24.9 Å². The van der Waals surface area contributed by atoms with Crippen LogP contribution in [0.4, 0.5) is 0 Å².